The molecule has 106 valence electrons. The molecule has 0 aliphatic rings. The number of nitrogens with two attached hydrogens (primary N) is 1. The van der Waals surface area contributed by atoms with Gasteiger partial charge in [0.1, 0.15) is 0 Å². The molecule has 1 amide bonds. The van der Waals surface area contributed by atoms with E-state index in [4.69, 9.17) is 5.14 Å². The van der Waals surface area contributed by atoms with Crippen molar-refractivity contribution in [1.29, 1.82) is 0 Å². The maximum Gasteiger partial charge on any atom is 0.296 e. The molecule has 4 N–H and O–H groups in total. The summed E-state index contributed by atoms with van der Waals surface area (Å²) in [6, 6.07) is 6.40. The molecule has 0 fully saturated rings. The van der Waals surface area contributed by atoms with Gasteiger partial charge < -0.3 is 5.32 Å². The molecule has 0 saturated heterocycles. The molecule has 19 heavy (non-hydrogen) atoms. The number of benzene rings is 1. The molecule has 7 heteroatoms. The molecular formula is C12H19N3O3S. The van der Waals surface area contributed by atoms with Crippen LogP contribution in [0.1, 0.15) is 26.7 Å². The van der Waals surface area contributed by atoms with E-state index in [0.717, 1.165) is 12.8 Å². The number of hydrogen-bond acceptors (Lipinski definition) is 3. The monoisotopic (exact) mass is 285 g/mol. The number of amides is 1. The maximum absolute atomic E-state index is 11.9. The molecule has 0 bridgehead atoms. The summed E-state index contributed by atoms with van der Waals surface area (Å²) in [5.41, 5.74) is 0.843. The van der Waals surface area contributed by atoms with E-state index in [1.165, 1.54) is 6.07 Å². The highest BCUT2D eigenvalue weighted by atomic mass is 32.2. The minimum absolute atomic E-state index is 0.0464. The molecule has 6 nitrogen and oxygen atoms in total. The van der Waals surface area contributed by atoms with E-state index in [0.29, 0.717) is 11.4 Å². The van der Waals surface area contributed by atoms with Gasteiger partial charge in [-0.2, -0.15) is 8.42 Å². The lowest BCUT2D eigenvalue weighted by Crippen LogP contribution is -2.23. The van der Waals surface area contributed by atoms with Crippen LogP contribution >= 0.6 is 0 Å². The molecule has 1 rings (SSSR count). The number of nitrogens with one attached hydrogen (secondary N) is 2. The predicted molar refractivity (Wildman–Crippen MR) is 75.9 cm³/mol. The quantitative estimate of drug-likeness (QED) is 0.741. The van der Waals surface area contributed by atoms with E-state index in [9.17, 15) is 13.2 Å². The largest absolute Gasteiger partial charge is 0.326 e. The lowest BCUT2D eigenvalue weighted by atomic mass is 10.0. The summed E-state index contributed by atoms with van der Waals surface area (Å²) in [5.74, 6) is -0.118. The molecule has 0 atom stereocenters. The van der Waals surface area contributed by atoms with Crippen molar-refractivity contribution in [3.8, 4) is 0 Å². The van der Waals surface area contributed by atoms with E-state index < -0.39 is 10.2 Å². The molecule has 0 spiro atoms. The van der Waals surface area contributed by atoms with Crippen LogP contribution in [0.15, 0.2) is 24.3 Å². The van der Waals surface area contributed by atoms with E-state index >= 15 is 0 Å². The van der Waals surface area contributed by atoms with Gasteiger partial charge in [0.05, 0.1) is 5.69 Å². The van der Waals surface area contributed by atoms with Crippen LogP contribution in [0, 0.1) is 5.92 Å². The molecular weight excluding hydrogens is 266 g/mol. The number of carbonyl (C=O) groups is 1. The first-order valence-electron chi connectivity index (χ1n) is 6.07. The van der Waals surface area contributed by atoms with Crippen LogP contribution in [-0.4, -0.2) is 14.3 Å². The smallest absolute Gasteiger partial charge is 0.296 e. The summed E-state index contributed by atoms with van der Waals surface area (Å²) in [7, 11) is -3.81. The zero-order valence-corrected chi connectivity index (χ0v) is 11.8. The minimum Gasteiger partial charge on any atom is -0.326 e. The van der Waals surface area contributed by atoms with Gasteiger partial charge in [-0.1, -0.05) is 19.9 Å². The van der Waals surface area contributed by atoms with Crippen LogP contribution in [0.2, 0.25) is 0 Å². The number of anilines is 2. The normalized spacial score (nSPS) is 11.4. The van der Waals surface area contributed by atoms with Crippen LogP contribution in [0.4, 0.5) is 11.4 Å². The fourth-order valence-corrected chi connectivity index (χ4v) is 2.18. The highest BCUT2D eigenvalue weighted by Gasteiger charge is 2.14. The Morgan fingerprint density at radius 3 is 2.37 bits per heavy atom. The predicted octanol–water partition coefficient (Wildman–Crippen LogP) is 1.68. The molecule has 1 aromatic rings. The summed E-state index contributed by atoms with van der Waals surface area (Å²) >= 11 is 0. The Kier molecular flexibility index (Phi) is 5.31. The Hall–Kier alpha value is -1.60. The Labute approximate surface area is 113 Å². The first-order chi connectivity index (χ1) is 8.85. The van der Waals surface area contributed by atoms with E-state index in [1.807, 2.05) is 13.8 Å². The van der Waals surface area contributed by atoms with Gasteiger partial charge in [0.2, 0.25) is 5.91 Å². The highest BCUT2D eigenvalue weighted by molar-refractivity contribution is 7.90. The van der Waals surface area contributed by atoms with Crippen molar-refractivity contribution in [3.05, 3.63) is 24.3 Å². The van der Waals surface area contributed by atoms with Crippen molar-refractivity contribution in [3.63, 3.8) is 0 Å². The third kappa shape index (κ3) is 5.27. The van der Waals surface area contributed by atoms with Crippen molar-refractivity contribution in [2.45, 2.75) is 26.7 Å². The topological polar surface area (TPSA) is 101 Å². The van der Waals surface area contributed by atoms with Gasteiger partial charge in [0.25, 0.3) is 10.2 Å². The number of hydrogen-bond donors (Lipinski definition) is 3. The molecule has 0 radical (unpaired) electrons. The van der Waals surface area contributed by atoms with Crippen molar-refractivity contribution in [2.75, 3.05) is 10.0 Å². The van der Waals surface area contributed by atoms with E-state index in [2.05, 4.69) is 10.0 Å². The second-order valence-corrected chi connectivity index (χ2v) is 5.52. The van der Waals surface area contributed by atoms with Crippen LogP contribution in [0.5, 0.6) is 0 Å². The fourth-order valence-electron chi connectivity index (χ4n) is 1.73. The van der Waals surface area contributed by atoms with Gasteiger partial charge in [-0.15, -0.1) is 0 Å². The summed E-state index contributed by atoms with van der Waals surface area (Å²) in [6.45, 7) is 3.90. The van der Waals surface area contributed by atoms with Gasteiger partial charge in [0, 0.05) is 11.6 Å². The van der Waals surface area contributed by atoms with Gasteiger partial charge in [0.15, 0.2) is 0 Å². The van der Waals surface area contributed by atoms with Gasteiger partial charge in [-0.3, -0.25) is 9.52 Å². The Morgan fingerprint density at radius 1 is 1.26 bits per heavy atom. The highest BCUT2D eigenvalue weighted by Crippen LogP contribution is 2.18. The minimum atomic E-state index is -3.81. The summed E-state index contributed by atoms with van der Waals surface area (Å²) in [6.07, 6.45) is 1.52. The summed E-state index contributed by atoms with van der Waals surface area (Å²) in [5, 5.41) is 7.64. The maximum atomic E-state index is 11.9. The average Bonchev–Trinajstić information content (AvgIpc) is 2.28. The zero-order chi connectivity index (χ0) is 14.5. The Balaban J connectivity index is 2.80. The Morgan fingerprint density at radius 2 is 1.84 bits per heavy atom. The average molecular weight is 285 g/mol. The standard InChI is InChI=1S/C12H19N3O3S/c1-3-9(4-2)12(16)14-10-6-5-7-11(8-10)15-19(13,17)18/h5-9,15H,3-4H2,1-2H3,(H,14,16)(H2,13,17,18). The van der Waals surface area contributed by atoms with Crippen molar-refractivity contribution in [2.24, 2.45) is 11.1 Å². The molecule has 0 saturated carbocycles. The third-order valence-electron chi connectivity index (χ3n) is 2.75. The molecule has 0 aliphatic heterocycles. The first-order valence-corrected chi connectivity index (χ1v) is 7.61. The molecule has 0 aromatic heterocycles. The van der Waals surface area contributed by atoms with Gasteiger partial charge in [-0.25, -0.2) is 5.14 Å². The lowest BCUT2D eigenvalue weighted by molar-refractivity contribution is -0.120. The first kappa shape index (κ1) is 15.5. The van der Waals surface area contributed by atoms with Gasteiger partial charge >= 0.3 is 0 Å². The Bertz CT molecular complexity index is 539. The van der Waals surface area contributed by atoms with Crippen LogP contribution < -0.4 is 15.2 Å². The van der Waals surface area contributed by atoms with Crippen molar-refractivity contribution >= 4 is 27.5 Å². The van der Waals surface area contributed by atoms with E-state index in [-0.39, 0.29) is 11.8 Å². The van der Waals surface area contributed by atoms with Crippen LogP contribution in [0.3, 0.4) is 0 Å². The second-order valence-electron chi connectivity index (χ2n) is 4.23. The molecule has 1 aromatic carbocycles. The third-order valence-corrected chi connectivity index (χ3v) is 3.27. The molecule has 0 aliphatic carbocycles. The SMILES string of the molecule is CCC(CC)C(=O)Nc1cccc(NS(N)(=O)=O)c1. The van der Waals surface area contributed by atoms with Crippen molar-refractivity contribution in [1.82, 2.24) is 0 Å². The zero-order valence-electron chi connectivity index (χ0n) is 11.0. The fraction of sp³-hybridized carbons (Fsp3) is 0.417. The second kappa shape index (κ2) is 6.53. The number of rotatable bonds is 6. The number of carbonyl (C=O) groups excluding carboxylic acids is 1. The lowest BCUT2D eigenvalue weighted by Gasteiger charge is -2.13. The van der Waals surface area contributed by atoms with Crippen LogP contribution in [0.25, 0.3) is 0 Å². The summed E-state index contributed by atoms with van der Waals surface area (Å²) < 4.78 is 24.0. The molecule has 0 heterocycles. The van der Waals surface area contributed by atoms with Gasteiger partial charge in [-0.05, 0) is 31.0 Å². The van der Waals surface area contributed by atoms with Crippen molar-refractivity contribution < 1.29 is 13.2 Å². The molecule has 0 unspecified atom stereocenters. The van der Waals surface area contributed by atoms with Crippen LogP contribution in [-0.2, 0) is 15.0 Å². The summed E-state index contributed by atoms with van der Waals surface area (Å²) in [4.78, 5) is 11.9. The van der Waals surface area contributed by atoms with E-state index in [1.54, 1.807) is 18.2 Å².